The normalized spacial score (nSPS) is 8.62. The number of ether oxygens (including phenoxy) is 1. The summed E-state index contributed by atoms with van der Waals surface area (Å²) >= 11 is 0. The molecule has 0 unspecified atom stereocenters. The van der Waals surface area contributed by atoms with Crippen LogP contribution in [0.2, 0.25) is 0 Å². The third-order valence-corrected chi connectivity index (χ3v) is 2.06. The van der Waals surface area contributed by atoms with Crippen LogP contribution in [0.3, 0.4) is 0 Å². The van der Waals surface area contributed by atoms with E-state index in [1.165, 1.54) is 0 Å². The van der Waals surface area contributed by atoms with Gasteiger partial charge in [0.05, 0.1) is 38.3 Å². The van der Waals surface area contributed by atoms with Crippen molar-refractivity contribution < 1.29 is 54.6 Å². The fourth-order valence-electron chi connectivity index (χ4n) is 0.231. The van der Waals surface area contributed by atoms with Crippen molar-refractivity contribution in [2.75, 3.05) is 26.4 Å². The highest BCUT2D eigenvalue weighted by atomic mass is 16.5. The second-order valence-corrected chi connectivity index (χ2v) is 5.54. The molecule has 0 heterocycles. The molecule has 0 aliphatic carbocycles. The number of hydrogen-bond donors (Lipinski definition) is 6. The summed E-state index contributed by atoms with van der Waals surface area (Å²) in [4.78, 5) is 38.1. The van der Waals surface area contributed by atoms with Gasteiger partial charge in [-0.15, -0.1) is 0 Å². The lowest BCUT2D eigenvalue weighted by Gasteiger charge is -1.94. The molecule has 0 saturated carbocycles. The smallest absolute Gasteiger partial charge is 0.305 e. The Balaban J connectivity index is -0.0000000833. The lowest BCUT2D eigenvalue weighted by Crippen LogP contribution is -2.03. The molecule has 29 heavy (non-hydrogen) atoms. The zero-order valence-corrected chi connectivity index (χ0v) is 18.1. The SMILES string of the molecule is CC(C)C(=O)O.CC(C)C(=O)O.CCC(=O)O.CCC(=O)O.OCCOCCO. The highest BCUT2D eigenvalue weighted by molar-refractivity contribution is 5.69. The number of carboxylic acid groups (broad SMARTS) is 4. The van der Waals surface area contributed by atoms with Crippen molar-refractivity contribution >= 4 is 23.9 Å². The number of carbonyl (C=O) groups is 4. The van der Waals surface area contributed by atoms with Crippen LogP contribution in [0.15, 0.2) is 0 Å². The zero-order chi connectivity index (χ0) is 24.4. The first-order valence-electron chi connectivity index (χ1n) is 8.93. The third kappa shape index (κ3) is 76.8. The molecule has 0 radical (unpaired) electrons. The van der Waals surface area contributed by atoms with Gasteiger partial charge in [-0.1, -0.05) is 41.5 Å². The van der Waals surface area contributed by atoms with E-state index < -0.39 is 23.9 Å². The van der Waals surface area contributed by atoms with Gasteiger partial charge in [-0.3, -0.25) is 19.2 Å². The fraction of sp³-hybridized carbons (Fsp3) is 0.778. The van der Waals surface area contributed by atoms with Crippen molar-refractivity contribution in [1.82, 2.24) is 0 Å². The summed E-state index contributed by atoms with van der Waals surface area (Å²) in [5.41, 5.74) is 0. The quantitative estimate of drug-likeness (QED) is 0.304. The maximum atomic E-state index is 9.70. The van der Waals surface area contributed by atoms with E-state index >= 15 is 0 Å². The summed E-state index contributed by atoms with van der Waals surface area (Å²) in [5, 5.41) is 47.6. The van der Waals surface area contributed by atoms with E-state index in [1.807, 2.05) is 0 Å². The summed E-state index contributed by atoms with van der Waals surface area (Å²) in [6.07, 6.45) is 0.444. The predicted octanol–water partition coefficient (Wildman–Crippen LogP) is 1.40. The van der Waals surface area contributed by atoms with Gasteiger partial charge in [0.25, 0.3) is 0 Å². The molecule has 0 rings (SSSR count). The summed E-state index contributed by atoms with van der Waals surface area (Å²) < 4.78 is 4.63. The van der Waals surface area contributed by atoms with Crippen molar-refractivity contribution in [2.24, 2.45) is 11.8 Å². The van der Waals surface area contributed by atoms with Crippen molar-refractivity contribution in [1.29, 1.82) is 0 Å². The van der Waals surface area contributed by atoms with E-state index in [0.717, 1.165) is 0 Å². The van der Waals surface area contributed by atoms with Gasteiger partial charge >= 0.3 is 23.9 Å². The van der Waals surface area contributed by atoms with Gasteiger partial charge in [-0.2, -0.15) is 0 Å². The molecule has 0 saturated heterocycles. The van der Waals surface area contributed by atoms with Crippen LogP contribution in [0, 0.1) is 11.8 Å². The number of aliphatic hydroxyl groups is 2. The molecule has 11 nitrogen and oxygen atoms in total. The van der Waals surface area contributed by atoms with Crippen LogP contribution < -0.4 is 0 Å². The van der Waals surface area contributed by atoms with Crippen LogP contribution in [0.25, 0.3) is 0 Å². The van der Waals surface area contributed by atoms with E-state index in [1.54, 1.807) is 41.5 Å². The van der Waals surface area contributed by atoms with E-state index in [9.17, 15) is 19.2 Å². The minimum atomic E-state index is -0.745. The fourth-order valence-corrected chi connectivity index (χ4v) is 0.231. The van der Waals surface area contributed by atoms with Gasteiger partial charge in [0.2, 0.25) is 0 Å². The van der Waals surface area contributed by atoms with Crippen LogP contribution in [0.4, 0.5) is 0 Å². The predicted molar refractivity (Wildman–Crippen MR) is 106 cm³/mol. The number of hydrogen-bond acceptors (Lipinski definition) is 7. The molecule has 0 aromatic heterocycles. The number of rotatable bonds is 8. The molecule has 0 fully saturated rings. The Hall–Kier alpha value is -2.24. The third-order valence-electron chi connectivity index (χ3n) is 2.06. The zero-order valence-electron chi connectivity index (χ0n) is 18.1. The molecule has 0 aromatic rings. The first kappa shape index (κ1) is 37.5. The molecular formula is C18H38O11. The lowest BCUT2D eigenvalue weighted by molar-refractivity contribution is -0.141. The number of aliphatic carboxylic acids is 4. The Morgan fingerprint density at radius 3 is 0.897 bits per heavy atom. The number of aliphatic hydroxyl groups excluding tert-OH is 2. The molecule has 176 valence electrons. The summed E-state index contributed by atoms with van der Waals surface area (Å²) in [6.45, 7) is 10.5. The molecule has 0 atom stereocenters. The largest absolute Gasteiger partial charge is 0.481 e. The van der Waals surface area contributed by atoms with Gasteiger partial charge in [-0.05, 0) is 0 Å². The van der Waals surface area contributed by atoms with Crippen LogP contribution in [-0.4, -0.2) is 80.9 Å². The maximum absolute atomic E-state index is 9.70. The van der Waals surface area contributed by atoms with E-state index in [0.29, 0.717) is 13.2 Å². The van der Waals surface area contributed by atoms with Gasteiger partial charge in [-0.25, -0.2) is 0 Å². The first-order valence-corrected chi connectivity index (χ1v) is 8.93. The standard InChI is InChI=1S/C4H10O3.2C4H8O2.2C3H6O2/c5-1-3-7-4-2-6;2*1-3(2)4(5)6;2*1-2-3(4)5/h5-6H,1-4H2;2*3H,1-2H3,(H,5,6);2*2H2,1H3,(H,4,5). The van der Waals surface area contributed by atoms with E-state index in [4.69, 9.17) is 30.6 Å². The summed E-state index contributed by atoms with van der Waals surface area (Å²) in [6, 6.07) is 0. The van der Waals surface area contributed by atoms with Gasteiger partial charge in [0, 0.05) is 12.8 Å². The van der Waals surface area contributed by atoms with Crippen LogP contribution in [0.5, 0.6) is 0 Å². The van der Waals surface area contributed by atoms with Gasteiger partial charge in [0.1, 0.15) is 0 Å². The molecule has 6 N–H and O–H groups in total. The highest BCUT2D eigenvalue weighted by Gasteiger charge is 1.99. The molecule has 0 amide bonds. The van der Waals surface area contributed by atoms with Crippen LogP contribution in [0.1, 0.15) is 54.4 Å². The Morgan fingerprint density at radius 2 is 0.828 bits per heavy atom. The molecule has 0 spiro atoms. The minimum absolute atomic E-state index is 0.0278. The van der Waals surface area contributed by atoms with Crippen LogP contribution in [-0.2, 0) is 23.9 Å². The van der Waals surface area contributed by atoms with Crippen molar-refractivity contribution in [2.45, 2.75) is 54.4 Å². The molecule has 0 aliphatic heterocycles. The van der Waals surface area contributed by atoms with Crippen LogP contribution >= 0.6 is 0 Å². The molecule has 0 aromatic carbocycles. The van der Waals surface area contributed by atoms with Gasteiger partial charge in [0.15, 0.2) is 0 Å². The second kappa shape index (κ2) is 30.5. The van der Waals surface area contributed by atoms with Crippen molar-refractivity contribution in [3.8, 4) is 0 Å². The first-order chi connectivity index (χ1) is 13.2. The molecule has 0 bridgehead atoms. The van der Waals surface area contributed by atoms with Crippen molar-refractivity contribution in [3.63, 3.8) is 0 Å². The Labute approximate surface area is 171 Å². The Morgan fingerprint density at radius 1 is 0.655 bits per heavy atom. The maximum Gasteiger partial charge on any atom is 0.305 e. The lowest BCUT2D eigenvalue weighted by atomic mass is 10.2. The highest BCUT2D eigenvalue weighted by Crippen LogP contribution is 1.87. The number of carboxylic acids is 4. The van der Waals surface area contributed by atoms with Crippen molar-refractivity contribution in [3.05, 3.63) is 0 Å². The molecular weight excluding hydrogens is 392 g/mol. The average Bonchev–Trinajstić information content (AvgIpc) is 2.63. The Kier molecular flexibility index (Phi) is 39.4. The Bertz CT molecular complexity index is 357. The monoisotopic (exact) mass is 430 g/mol. The average molecular weight is 430 g/mol. The summed E-state index contributed by atoms with van der Waals surface area (Å²) in [7, 11) is 0. The van der Waals surface area contributed by atoms with E-state index in [-0.39, 0.29) is 37.9 Å². The topological polar surface area (TPSA) is 199 Å². The minimum Gasteiger partial charge on any atom is -0.481 e. The second-order valence-electron chi connectivity index (χ2n) is 5.54. The molecule has 11 heteroatoms. The van der Waals surface area contributed by atoms with Gasteiger partial charge < -0.3 is 35.4 Å². The summed E-state index contributed by atoms with van der Waals surface area (Å²) in [5.74, 6) is -3.44. The van der Waals surface area contributed by atoms with E-state index in [2.05, 4.69) is 4.74 Å². The molecule has 0 aliphatic rings.